The summed E-state index contributed by atoms with van der Waals surface area (Å²) in [6.45, 7) is 6.52. The molecule has 1 aromatic heterocycles. The van der Waals surface area contributed by atoms with Gasteiger partial charge < -0.3 is 0 Å². The summed E-state index contributed by atoms with van der Waals surface area (Å²) in [5, 5.41) is 4.00. The molecule has 2 rings (SSSR count). The lowest BCUT2D eigenvalue weighted by atomic mass is 9.98. The van der Waals surface area contributed by atoms with Gasteiger partial charge in [0, 0.05) is 21.4 Å². The summed E-state index contributed by atoms with van der Waals surface area (Å²) >= 11 is 7.67. The number of hydrogen-bond donors (Lipinski definition) is 0. The first kappa shape index (κ1) is 11.6. The van der Waals surface area contributed by atoms with Crippen molar-refractivity contribution in [3.63, 3.8) is 0 Å². The van der Waals surface area contributed by atoms with Crippen molar-refractivity contribution in [2.75, 3.05) is 0 Å². The molecule has 0 amide bonds. The van der Waals surface area contributed by atoms with E-state index in [0.29, 0.717) is 0 Å². The molecule has 0 aliphatic carbocycles. The van der Waals surface area contributed by atoms with Gasteiger partial charge in [-0.3, -0.25) is 0 Å². The molecule has 0 aliphatic rings. The van der Waals surface area contributed by atoms with Gasteiger partial charge in [-0.1, -0.05) is 44.5 Å². The molecule has 0 radical (unpaired) electrons. The molecule has 0 unspecified atom stereocenters. The third kappa shape index (κ3) is 2.45. The van der Waals surface area contributed by atoms with Gasteiger partial charge in [0.2, 0.25) is 0 Å². The van der Waals surface area contributed by atoms with Gasteiger partial charge in [-0.15, -0.1) is 11.3 Å². The first-order valence-corrected chi connectivity index (χ1v) is 6.44. The largest absolute Gasteiger partial charge is 0.241 e. The van der Waals surface area contributed by atoms with E-state index < -0.39 is 0 Å². The Kier molecular flexibility index (Phi) is 3.04. The fraction of sp³-hybridized carbons (Fsp3) is 0.308. The zero-order valence-corrected chi connectivity index (χ0v) is 11.2. The van der Waals surface area contributed by atoms with E-state index in [-0.39, 0.29) is 5.41 Å². The van der Waals surface area contributed by atoms with Crippen LogP contribution in [0, 0.1) is 0 Å². The lowest BCUT2D eigenvalue weighted by Gasteiger charge is -2.13. The molecular formula is C13H14ClNS. The summed E-state index contributed by atoms with van der Waals surface area (Å²) < 4.78 is 0. The maximum atomic E-state index is 5.97. The highest BCUT2D eigenvalue weighted by molar-refractivity contribution is 7.10. The van der Waals surface area contributed by atoms with Crippen LogP contribution in [0.15, 0.2) is 29.6 Å². The normalized spacial score (nSPS) is 11.8. The van der Waals surface area contributed by atoms with Crippen molar-refractivity contribution in [3.05, 3.63) is 39.7 Å². The molecule has 0 fully saturated rings. The summed E-state index contributed by atoms with van der Waals surface area (Å²) in [6, 6.07) is 7.81. The molecule has 0 saturated carbocycles. The van der Waals surface area contributed by atoms with Gasteiger partial charge >= 0.3 is 0 Å². The zero-order valence-electron chi connectivity index (χ0n) is 9.62. The maximum Gasteiger partial charge on any atom is 0.0986 e. The minimum Gasteiger partial charge on any atom is -0.241 e. The van der Waals surface area contributed by atoms with E-state index in [1.165, 1.54) is 0 Å². The zero-order chi connectivity index (χ0) is 11.8. The van der Waals surface area contributed by atoms with Crippen molar-refractivity contribution in [3.8, 4) is 11.3 Å². The van der Waals surface area contributed by atoms with Gasteiger partial charge in [0.25, 0.3) is 0 Å². The highest BCUT2D eigenvalue weighted by Gasteiger charge is 2.18. The van der Waals surface area contributed by atoms with Crippen molar-refractivity contribution in [1.29, 1.82) is 0 Å². The molecule has 1 nitrogen and oxygen atoms in total. The second-order valence-corrected chi connectivity index (χ2v) is 6.09. The molecule has 0 spiro atoms. The Labute approximate surface area is 105 Å². The summed E-state index contributed by atoms with van der Waals surface area (Å²) in [7, 11) is 0. The van der Waals surface area contributed by atoms with Crippen molar-refractivity contribution in [2.45, 2.75) is 26.2 Å². The first-order chi connectivity index (χ1) is 7.47. The molecule has 3 heteroatoms. The van der Waals surface area contributed by atoms with Crippen molar-refractivity contribution in [2.24, 2.45) is 0 Å². The van der Waals surface area contributed by atoms with Crippen molar-refractivity contribution in [1.82, 2.24) is 4.98 Å². The third-order valence-corrected chi connectivity index (χ3v) is 3.77. The molecule has 84 valence electrons. The van der Waals surface area contributed by atoms with E-state index in [1.54, 1.807) is 11.3 Å². The maximum absolute atomic E-state index is 5.97. The molecule has 0 bridgehead atoms. The molecule has 0 atom stereocenters. The average Bonchev–Trinajstić information content (AvgIpc) is 2.65. The van der Waals surface area contributed by atoms with E-state index >= 15 is 0 Å². The SMILES string of the molecule is CC(C)(C)c1nc(-c2cccc(Cl)c2)cs1. The molecule has 16 heavy (non-hydrogen) atoms. The number of rotatable bonds is 1. The van der Waals surface area contributed by atoms with Crippen molar-refractivity contribution >= 4 is 22.9 Å². The predicted octanol–water partition coefficient (Wildman–Crippen LogP) is 4.76. The van der Waals surface area contributed by atoms with Crippen LogP contribution >= 0.6 is 22.9 Å². The highest BCUT2D eigenvalue weighted by atomic mass is 35.5. The number of benzene rings is 1. The van der Waals surface area contributed by atoms with Crippen LogP contribution in [-0.2, 0) is 5.41 Å². The second kappa shape index (κ2) is 4.19. The molecule has 1 aromatic carbocycles. The third-order valence-electron chi connectivity index (χ3n) is 2.27. The average molecular weight is 252 g/mol. The standard InChI is InChI=1S/C13H14ClNS/c1-13(2,3)12-15-11(8-16-12)9-5-4-6-10(14)7-9/h4-8H,1-3H3. The summed E-state index contributed by atoms with van der Waals surface area (Å²) in [6.07, 6.45) is 0. The van der Waals surface area contributed by atoms with E-state index in [2.05, 4.69) is 31.1 Å². The van der Waals surface area contributed by atoms with Crippen LogP contribution < -0.4 is 0 Å². The van der Waals surface area contributed by atoms with Gasteiger partial charge in [0.05, 0.1) is 10.7 Å². The number of hydrogen-bond acceptors (Lipinski definition) is 2. The molecule has 0 N–H and O–H groups in total. The van der Waals surface area contributed by atoms with Crippen LogP contribution in [0.25, 0.3) is 11.3 Å². The van der Waals surface area contributed by atoms with E-state index in [9.17, 15) is 0 Å². The van der Waals surface area contributed by atoms with Crippen molar-refractivity contribution < 1.29 is 0 Å². The molecule has 0 saturated heterocycles. The summed E-state index contributed by atoms with van der Waals surface area (Å²) in [4.78, 5) is 4.65. The van der Waals surface area contributed by atoms with Gasteiger partial charge in [0.1, 0.15) is 0 Å². The number of halogens is 1. The Bertz CT molecular complexity index is 497. The minimum absolute atomic E-state index is 0.113. The smallest absolute Gasteiger partial charge is 0.0986 e. The van der Waals surface area contributed by atoms with E-state index in [1.807, 2.05) is 24.3 Å². The van der Waals surface area contributed by atoms with Crippen LogP contribution in [0.5, 0.6) is 0 Å². The van der Waals surface area contributed by atoms with Crippen LogP contribution in [0.1, 0.15) is 25.8 Å². The highest BCUT2D eigenvalue weighted by Crippen LogP contribution is 2.30. The van der Waals surface area contributed by atoms with Gasteiger partial charge in [-0.25, -0.2) is 4.98 Å². The second-order valence-electron chi connectivity index (χ2n) is 4.80. The monoisotopic (exact) mass is 251 g/mol. The predicted molar refractivity (Wildman–Crippen MR) is 71.3 cm³/mol. The lowest BCUT2D eigenvalue weighted by molar-refractivity contribution is 0.586. The van der Waals surface area contributed by atoms with Crippen LogP contribution in [0.4, 0.5) is 0 Å². The minimum atomic E-state index is 0.113. The van der Waals surface area contributed by atoms with E-state index in [4.69, 9.17) is 11.6 Å². The van der Waals surface area contributed by atoms with E-state index in [0.717, 1.165) is 21.3 Å². The summed E-state index contributed by atoms with van der Waals surface area (Å²) in [5.74, 6) is 0. The molecule has 0 aliphatic heterocycles. The Morgan fingerprint density at radius 1 is 1.25 bits per heavy atom. The molecule has 1 heterocycles. The number of thiazole rings is 1. The first-order valence-electron chi connectivity index (χ1n) is 5.19. The fourth-order valence-corrected chi connectivity index (χ4v) is 2.51. The van der Waals surface area contributed by atoms with Crippen LogP contribution in [0.2, 0.25) is 5.02 Å². The Hall–Kier alpha value is -0.860. The quantitative estimate of drug-likeness (QED) is 0.712. The Balaban J connectivity index is 2.39. The molecular weight excluding hydrogens is 238 g/mol. The lowest BCUT2D eigenvalue weighted by Crippen LogP contribution is -2.10. The fourth-order valence-electron chi connectivity index (χ4n) is 1.40. The topological polar surface area (TPSA) is 12.9 Å². The Morgan fingerprint density at radius 3 is 2.56 bits per heavy atom. The Morgan fingerprint density at radius 2 is 2.00 bits per heavy atom. The van der Waals surface area contributed by atoms with Gasteiger partial charge in [-0.05, 0) is 12.1 Å². The van der Waals surface area contributed by atoms with Crippen LogP contribution in [0.3, 0.4) is 0 Å². The number of nitrogens with zero attached hydrogens (tertiary/aromatic N) is 1. The molecule has 2 aromatic rings. The van der Waals surface area contributed by atoms with Gasteiger partial charge in [-0.2, -0.15) is 0 Å². The van der Waals surface area contributed by atoms with Gasteiger partial charge in [0.15, 0.2) is 0 Å². The number of aromatic nitrogens is 1. The van der Waals surface area contributed by atoms with Crippen LogP contribution in [-0.4, -0.2) is 4.98 Å². The summed E-state index contributed by atoms with van der Waals surface area (Å²) in [5.41, 5.74) is 2.21.